The summed E-state index contributed by atoms with van der Waals surface area (Å²) in [5, 5.41) is 1.96. The van der Waals surface area contributed by atoms with E-state index in [9.17, 15) is 13.2 Å². The lowest BCUT2D eigenvalue weighted by atomic mass is 10.00. The molecule has 6 aromatic rings. The van der Waals surface area contributed by atoms with Crippen LogP contribution in [0.4, 0.5) is 0 Å². The molecule has 0 radical (unpaired) electrons. The van der Waals surface area contributed by atoms with Crippen LogP contribution in [0.3, 0.4) is 0 Å². The van der Waals surface area contributed by atoms with Gasteiger partial charge in [0.15, 0.2) is 9.84 Å². The molecule has 0 atom stereocenters. The van der Waals surface area contributed by atoms with Crippen molar-refractivity contribution in [2.75, 3.05) is 20.5 Å². The maximum atomic E-state index is 11.7. The molecule has 2 N–H and O–H groups in total. The van der Waals surface area contributed by atoms with Crippen LogP contribution in [0.2, 0.25) is 5.28 Å². The number of para-hydroxylation sites is 2. The van der Waals surface area contributed by atoms with E-state index in [1.807, 2.05) is 43.3 Å². The molecule has 0 saturated carbocycles. The molecule has 0 aliphatic heterocycles. The smallest absolute Gasteiger partial charge is 0.248 e. The van der Waals surface area contributed by atoms with E-state index in [2.05, 4.69) is 19.9 Å². The highest BCUT2D eigenvalue weighted by Gasteiger charge is 2.16. The fraction of sp³-hybridized carbons (Fsp3) is 0.121. The van der Waals surface area contributed by atoms with Crippen LogP contribution in [0.5, 0.6) is 11.5 Å². The van der Waals surface area contributed by atoms with Gasteiger partial charge >= 0.3 is 0 Å². The number of nitrogens with two attached hydrogens (primary N) is 1. The van der Waals surface area contributed by atoms with Gasteiger partial charge in [0.1, 0.15) is 17.3 Å². The van der Waals surface area contributed by atoms with Crippen LogP contribution in [0.25, 0.3) is 44.1 Å². The number of rotatable bonds is 6. The zero-order chi connectivity index (χ0) is 32.3. The number of carbonyl (C=O) groups excluding carboxylic acids is 1. The molecule has 1 amide bonds. The molecule has 0 bridgehead atoms. The summed E-state index contributed by atoms with van der Waals surface area (Å²) in [6, 6.07) is 21.4. The Morgan fingerprint density at radius 2 is 1.31 bits per heavy atom. The summed E-state index contributed by atoms with van der Waals surface area (Å²) < 4.78 is 34.3. The molecule has 12 heteroatoms. The van der Waals surface area contributed by atoms with Crippen molar-refractivity contribution in [1.82, 2.24) is 19.9 Å². The maximum Gasteiger partial charge on any atom is 0.248 e. The number of carbonyl (C=O) groups is 1. The molecule has 45 heavy (non-hydrogen) atoms. The van der Waals surface area contributed by atoms with Crippen molar-refractivity contribution >= 4 is 49.2 Å². The number of aryl methyl sites for hydroxylation is 1. The zero-order valence-corrected chi connectivity index (χ0v) is 26.3. The van der Waals surface area contributed by atoms with E-state index >= 15 is 0 Å². The second-order valence-corrected chi connectivity index (χ2v) is 12.3. The van der Waals surface area contributed by atoms with Crippen molar-refractivity contribution in [2.45, 2.75) is 11.8 Å². The Labute approximate surface area is 264 Å². The van der Waals surface area contributed by atoms with Gasteiger partial charge in [0, 0.05) is 57.2 Å². The molecule has 4 aromatic carbocycles. The highest BCUT2D eigenvalue weighted by molar-refractivity contribution is 7.90. The molecule has 0 spiro atoms. The number of amides is 1. The number of hydrogen-bond acceptors (Lipinski definition) is 9. The highest BCUT2D eigenvalue weighted by atomic mass is 35.5. The predicted molar refractivity (Wildman–Crippen MR) is 174 cm³/mol. The molecule has 0 unspecified atom stereocenters. The van der Waals surface area contributed by atoms with Crippen molar-refractivity contribution in [3.8, 4) is 33.8 Å². The summed E-state index contributed by atoms with van der Waals surface area (Å²) in [4.78, 5) is 28.5. The first-order valence-electron chi connectivity index (χ1n) is 13.5. The molecule has 0 aliphatic carbocycles. The van der Waals surface area contributed by atoms with Crippen molar-refractivity contribution in [1.29, 1.82) is 0 Å². The SMILES string of the molecule is COc1cc(C(N)=O)ccc1-c1cccc2cnc(Cl)nc12.COc1cc(S(C)(=O)=O)ccc1-c1cccc2cnc(C)nc12. The zero-order valence-electron chi connectivity index (χ0n) is 24.8. The monoisotopic (exact) mass is 641 g/mol. The van der Waals surface area contributed by atoms with Crippen LogP contribution >= 0.6 is 11.6 Å². The molecule has 2 heterocycles. The van der Waals surface area contributed by atoms with E-state index in [1.165, 1.54) is 26.5 Å². The van der Waals surface area contributed by atoms with Gasteiger partial charge in [0.05, 0.1) is 30.1 Å². The third-order valence-electron chi connectivity index (χ3n) is 6.98. The Kier molecular flexibility index (Phi) is 8.94. The molecule has 0 saturated heterocycles. The lowest BCUT2D eigenvalue weighted by Gasteiger charge is -2.12. The Morgan fingerprint density at radius 3 is 1.89 bits per heavy atom. The predicted octanol–water partition coefficient (Wildman–Crippen LogP) is 6.08. The number of sulfone groups is 1. The minimum absolute atomic E-state index is 0.174. The molecule has 6 rings (SSSR count). The lowest BCUT2D eigenvalue weighted by Crippen LogP contribution is -2.10. The number of ether oxygens (including phenoxy) is 2. The Morgan fingerprint density at radius 1 is 0.756 bits per heavy atom. The van der Waals surface area contributed by atoms with Crippen LogP contribution in [0.1, 0.15) is 16.2 Å². The van der Waals surface area contributed by atoms with Gasteiger partial charge in [-0.05, 0) is 54.9 Å². The Hall–Kier alpha value is -5.13. The average molecular weight is 642 g/mol. The van der Waals surface area contributed by atoms with Gasteiger partial charge in [-0.2, -0.15) is 0 Å². The minimum atomic E-state index is -3.29. The average Bonchev–Trinajstić information content (AvgIpc) is 3.03. The van der Waals surface area contributed by atoms with E-state index < -0.39 is 15.7 Å². The van der Waals surface area contributed by atoms with Gasteiger partial charge in [0.2, 0.25) is 11.2 Å². The van der Waals surface area contributed by atoms with Crippen LogP contribution in [-0.2, 0) is 9.84 Å². The third kappa shape index (κ3) is 6.69. The quantitative estimate of drug-likeness (QED) is 0.214. The van der Waals surface area contributed by atoms with E-state index in [0.29, 0.717) is 28.4 Å². The van der Waals surface area contributed by atoms with E-state index in [0.717, 1.165) is 38.5 Å². The first-order chi connectivity index (χ1) is 21.5. The maximum absolute atomic E-state index is 11.7. The number of nitrogens with zero attached hydrogens (tertiary/aromatic N) is 4. The number of methoxy groups -OCH3 is 2. The summed E-state index contributed by atoms with van der Waals surface area (Å²) in [6.07, 6.45) is 4.62. The Bertz CT molecular complexity index is 2190. The molecular formula is C33H28ClN5O5S. The summed E-state index contributed by atoms with van der Waals surface area (Å²) >= 11 is 5.90. The largest absolute Gasteiger partial charge is 0.496 e. The lowest BCUT2D eigenvalue weighted by molar-refractivity contribution is 0.1000. The van der Waals surface area contributed by atoms with Crippen LogP contribution in [0.15, 0.2) is 90.1 Å². The highest BCUT2D eigenvalue weighted by Crippen LogP contribution is 2.36. The first-order valence-corrected chi connectivity index (χ1v) is 15.8. The van der Waals surface area contributed by atoms with Gasteiger partial charge in [-0.25, -0.2) is 28.4 Å². The number of hydrogen-bond donors (Lipinski definition) is 1. The molecule has 228 valence electrons. The molecule has 2 aromatic heterocycles. The van der Waals surface area contributed by atoms with E-state index in [1.54, 1.807) is 42.7 Å². The van der Waals surface area contributed by atoms with Crippen LogP contribution in [0, 0.1) is 6.92 Å². The topological polar surface area (TPSA) is 147 Å². The van der Waals surface area contributed by atoms with Crippen molar-refractivity contribution in [3.63, 3.8) is 0 Å². The van der Waals surface area contributed by atoms with Crippen molar-refractivity contribution in [2.24, 2.45) is 5.73 Å². The van der Waals surface area contributed by atoms with Gasteiger partial charge in [-0.3, -0.25) is 4.79 Å². The summed E-state index contributed by atoms with van der Waals surface area (Å²) in [5.74, 6) is 1.21. The van der Waals surface area contributed by atoms with Crippen molar-refractivity contribution < 1.29 is 22.7 Å². The summed E-state index contributed by atoms with van der Waals surface area (Å²) in [7, 11) is -0.227. The molecular weight excluding hydrogens is 614 g/mol. The van der Waals surface area contributed by atoms with Gasteiger partial charge < -0.3 is 15.2 Å². The number of aromatic nitrogens is 4. The second-order valence-electron chi connectivity index (χ2n) is 9.96. The normalized spacial score (nSPS) is 11.1. The van der Waals surface area contributed by atoms with Crippen LogP contribution in [-0.4, -0.2) is 54.7 Å². The number of halogens is 1. The number of benzene rings is 4. The Balaban J connectivity index is 0.000000178. The number of primary amides is 1. The van der Waals surface area contributed by atoms with E-state index in [4.69, 9.17) is 26.8 Å². The van der Waals surface area contributed by atoms with E-state index in [-0.39, 0.29) is 10.2 Å². The number of fused-ring (bicyclic) bond motifs is 2. The van der Waals surface area contributed by atoms with Crippen molar-refractivity contribution in [3.05, 3.63) is 102 Å². The fourth-order valence-electron chi connectivity index (χ4n) is 4.80. The summed E-state index contributed by atoms with van der Waals surface area (Å²) in [6.45, 7) is 1.83. The van der Waals surface area contributed by atoms with Gasteiger partial charge in [-0.15, -0.1) is 0 Å². The molecule has 10 nitrogen and oxygen atoms in total. The molecule has 0 fully saturated rings. The molecule has 0 aliphatic rings. The van der Waals surface area contributed by atoms with Crippen LogP contribution < -0.4 is 15.2 Å². The minimum Gasteiger partial charge on any atom is -0.496 e. The van der Waals surface area contributed by atoms with Gasteiger partial charge in [-0.1, -0.05) is 36.4 Å². The fourth-order valence-corrected chi connectivity index (χ4v) is 5.57. The standard InChI is InChI=1S/C17H16N2O3S.C16H12ClN3O2/c1-11-18-10-12-5-4-6-15(17(12)19-11)14-8-7-13(23(3,20)21)9-16(14)22-2;1-22-13-7-9(15(18)21)5-6-11(13)12-4-2-3-10-8-19-16(17)20-14(10)12/h4-10H,1-3H3;2-8H,1H3,(H2,18,21). The second kappa shape index (κ2) is 12.8. The third-order valence-corrected chi connectivity index (χ3v) is 8.27. The first kappa shape index (κ1) is 31.3. The summed E-state index contributed by atoms with van der Waals surface area (Å²) in [5.41, 5.74) is 10.5. The van der Waals surface area contributed by atoms with Gasteiger partial charge in [0.25, 0.3) is 0 Å².